The van der Waals surface area contributed by atoms with Crippen molar-refractivity contribution in [2.45, 2.75) is 19.5 Å². The van der Waals surface area contributed by atoms with Crippen molar-refractivity contribution in [2.24, 2.45) is 0 Å². The molecule has 0 radical (unpaired) electrons. The van der Waals surface area contributed by atoms with E-state index in [2.05, 4.69) is 10.2 Å². The molecule has 1 saturated heterocycles. The third kappa shape index (κ3) is 4.41. The molecule has 4 nitrogen and oxygen atoms in total. The van der Waals surface area contributed by atoms with E-state index in [1.165, 1.54) is 12.1 Å². The van der Waals surface area contributed by atoms with Gasteiger partial charge in [-0.2, -0.15) is 0 Å². The molecule has 1 fully saturated rings. The Labute approximate surface area is 136 Å². The lowest BCUT2D eigenvalue weighted by Gasteiger charge is -2.35. The van der Waals surface area contributed by atoms with E-state index in [0.29, 0.717) is 6.54 Å². The summed E-state index contributed by atoms with van der Waals surface area (Å²) in [5.74, 6) is 1.65. The van der Waals surface area contributed by atoms with Crippen LogP contribution < -0.4 is 5.32 Å². The molecule has 1 aromatic heterocycles. The molecule has 3 rings (SSSR count). The Morgan fingerprint density at radius 1 is 1.13 bits per heavy atom. The molecular weight excluding hydrogens is 295 g/mol. The molecule has 1 aliphatic heterocycles. The molecule has 0 saturated carbocycles. The monoisotopic (exact) mass is 318 g/mol. The third-order valence-electron chi connectivity index (χ3n) is 4.17. The molecule has 2 heterocycles. The van der Waals surface area contributed by atoms with Gasteiger partial charge in [-0.1, -0.05) is 12.1 Å². The van der Waals surface area contributed by atoms with Gasteiger partial charge < -0.3 is 14.5 Å². The van der Waals surface area contributed by atoms with Gasteiger partial charge in [-0.05, 0) is 36.8 Å². The molecule has 23 heavy (non-hydrogen) atoms. The molecule has 1 aliphatic rings. The van der Waals surface area contributed by atoms with Gasteiger partial charge >= 0.3 is 0 Å². The van der Waals surface area contributed by atoms with Gasteiger partial charge in [0.1, 0.15) is 17.3 Å². The number of benzene rings is 1. The van der Waals surface area contributed by atoms with Crippen LogP contribution in [0.5, 0.6) is 0 Å². The van der Waals surface area contributed by atoms with Gasteiger partial charge in [0.15, 0.2) is 0 Å². The fourth-order valence-corrected chi connectivity index (χ4v) is 2.94. The van der Waals surface area contributed by atoms with Crippen LogP contribution in [0.1, 0.15) is 23.1 Å². The summed E-state index contributed by atoms with van der Waals surface area (Å²) in [6, 6.07) is 11.0. The van der Waals surface area contributed by atoms with Crippen molar-refractivity contribution in [3.05, 3.63) is 59.3 Å². The first-order valence-corrected chi connectivity index (χ1v) is 8.05. The quantitative estimate of drug-likeness (QED) is 0.889. The Balaban J connectivity index is 1.65. The SMILES string of the molecule is Cc1ccc(CNCC(c2ccc(F)cc2)N2CCOCC2)o1. The maximum absolute atomic E-state index is 13.2. The van der Waals surface area contributed by atoms with Crippen molar-refractivity contribution in [1.29, 1.82) is 0 Å². The number of hydrogen-bond acceptors (Lipinski definition) is 4. The first-order valence-electron chi connectivity index (χ1n) is 8.05. The van der Waals surface area contributed by atoms with E-state index in [1.807, 2.05) is 31.2 Å². The number of nitrogens with one attached hydrogen (secondary N) is 1. The third-order valence-corrected chi connectivity index (χ3v) is 4.17. The van der Waals surface area contributed by atoms with Crippen LogP contribution in [0.4, 0.5) is 4.39 Å². The Hall–Kier alpha value is -1.69. The Bertz CT molecular complexity index is 606. The van der Waals surface area contributed by atoms with Gasteiger partial charge in [-0.15, -0.1) is 0 Å². The summed E-state index contributed by atoms with van der Waals surface area (Å²) in [6.07, 6.45) is 0. The lowest BCUT2D eigenvalue weighted by molar-refractivity contribution is 0.0160. The smallest absolute Gasteiger partial charge is 0.123 e. The van der Waals surface area contributed by atoms with E-state index in [1.54, 1.807) is 0 Å². The van der Waals surface area contributed by atoms with Crippen LogP contribution in [0.2, 0.25) is 0 Å². The number of hydrogen-bond donors (Lipinski definition) is 1. The highest BCUT2D eigenvalue weighted by Gasteiger charge is 2.22. The van der Waals surface area contributed by atoms with E-state index < -0.39 is 0 Å². The van der Waals surface area contributed by atoms with Crippen molar-refractivity contribution in [3.63, 3.8) is 0 Å². The largest absolute Gasteiger partial charge is 0.465 e. The number of ether oxygens (including phenoxy) is 1. The second kappa shape index (κ2) is 7.73. The molecule has 1 N–H and O–H groups in total. The minimum Gasteiger partial charge on any atom is -0.465 e. The highest BCUT2D eigenvalue weighted by Crippen LogP contribution is 2.22. The van der Waals surface area contributed by atoms with Crippen molar-refractivity contribution in [3.8, 4) is 0 Å². The summed E-state index contributed by atoms with van der Waals surface area (Å²) < 4.78 is 24.2. The first-order chi connectivity index (χ1) is 11.2. The van der Waals surface area contributed by atoms with Gasteiger partial charge in [-0.25, -0.2) is 4.39 Å². The number of rotatable bonds is 6. The van der Waals surface area contributed by atoms with Gasteiger partial charge in [0.2, 0.25) is 0 Å². The number of furan rings is 1. The molecule has 124 valence electrons. The predicted molar refractivity (Wildman–Crippen MR) is 86.7 cm³/mol. The van der Waals surface area contributed by atoms with Crippen LogP contribution in [0.15, 0.2) is 40.8 Å². The molecule has 0 amide bonds. The van der Waals surface area contributed by atoms with E-state index in [4.69, 9.17) is 9.15 Å². The highest BCUT2D eigenvalue weighted by molar-refractivity contribution is 5.20. The zero-order chi connectivity index (χ0) is 16.1. The van der Waals surface area contributed by atoms with Crippen molar-refractivity contribution < 1.29 is 13.5 Å². The zero-order valence-corrected chi connectivity index (χ0v) is 13.4. The van der Waals surface area contributed by atoms with E-state index in [0.717, 1.165) is 49.9 Å². The minimum absolute atomic E-state index is 0.200. The molecule has 0 aliphatic carbocycles. The predicted octanol–water partition coefficient (Wildman–Crippen LogP) is 2.89. The maximum atomic E-state index is 13.2. The lowest BCUT2D eigenvalue weighted by Crippen LogP contribution is -2.42. The van der Waals surface area contributed by atoms with Crippen LogP contribution in [0.25, 0.3) is 0 Å². The standard InChI is InChI=1S/C18H23FN2O2/c1-14-2-7-17(23-14)12-20-13-18(21-8-10-22-11-9-21)15-3-5-16(19)6-4-15/h2-7,18,20H,8-13H2,1H3. The second-order valence-corrected chi connectivity index (χ2v) is 5.86. The lowest BCUT2D eigenvalue weighted by atomic mass is 10.0. The fraction of sp³-hybridized carbons (Fsp3) is 0.444. The molecule has 1 unspecified atom stereocenters. The molecular formula is C18H23FN2O2. The number of aryl methyl sites for hydroxylation is 1. The van der Waals surface area contributed by atoms with Gasteiger partial charge in [-0.3, -0.25) is 4.90 Å². The van der Waals surface area contributed by atoms with Crippen LogP contribution in [0, 0.1) is 12.7 Å². The fourth-order valence-electron chi connectivity index (χ4n) is 2.94. The average molecular weight is 318 g/mol. The summed E-state index contributed by atoms with van der Waals surface area (Å²) in [5.41, 5.74) is 1.12. The van der Waals surface area contributed by atoms with Crippen LogP contribution in [-0.4, -0.2) is 37.7 Å². The molecule has 1 aromatic carbocycles. The highest BCUT2D eigenvalue weighted by atomic mass is 19.1. The molecule has 0 spiro atoms. The Kier molecular flexibility index (Phi) is 5.43. The number of halogens is 1. The molecule has 0 bridgehead atoms. The number of morpholine rings is 1. The molecule has 5 heteroatoms. The summed E-state index contributed by atoms with van der Waals surface area (Å²) in [7, 11) is 0. The maximum Gasteiger partial charge on any atom is 0.123 e. The van der Waals surface area contributed by atoms with Crippen molar-refractivity contribution in [1.82, 2.24) is 10.2 Å². The average Bonchev–Trinajstić information content (AvgIpc) is 2.99. The van der Waals surface area contributed by atoms with Crippen LogP contribution in [0.3, 0.4) is 0 Å². The van der Waals surface area contributed by atoms with E-state index in [-0.39, 0.29) is 11.9 Å². The molecule has 1 atom stereocenters. The summed E-state index contributed by atoms with van der Waals surface area (Å²) in [6.45, 7) is 6.69. The topological polar surface area (TPSA) is 37.6 Å². The van der Waals surface area contributed by atoms with Crippen LogP contribution in [-0.2, 0) is 11.3 Å². The zero-order valence-electron chi connectivity index (χ0n) is 13.4. The summed E-state index contributed by atoms with van der Waals surface area (Å²) in [5, 5.41) is 3.46. The first kappa shape index (κ1) is 16.2. The van der Waals surface area contributed by atoms with E-state index >= 15 is 0 Å². The summed E-state index contributed by atoms with van der Waals surface area (Å²) in [4.78, 5) is 2.39. The normalized spacial score (nSPS) is 17.3. The Morgan fingerprint density at radius 3 is 2.52 bits per heavy atom. The Morgan fingerprint density at radius 2 is 1.87 bits per heavy atom. The van der Waals surface area contributed by atoms with Crippen molar-refractivity contribution >= 4 is 0 Å². The van der Waals surface area contributed by atoms with Gasteiger partial charge in [0.25, 0.3) is 0 Å². The minimum atomic E-state index is -0.200. The molecule has 2 aromatic rings. The van der Waals surface area contributed by atoms with Gasteiger partial charge in [0.05, 0.1) is 19.8 Å². The second-order valence-electron chi connectivity index (χ2n) is 5.86. The van der Waals surface area contributed by atoms with E-state index in [9.17, 15) is 4.39 Å². The van der Waals surface area contributed by atoms with Gasteiger partial charge in [0, 0.05) is 25.7 Å². The van der Waals surface area contributed by atoms with Crippen LogP contribution >= 0.6 is 0 Å². The van der Waals surface area contributed by atoms with Crippen molar-refractivity contribution in [2.75, 3.05) is 32.8 Å². The summed E-state index contributed by atoms with van der Waals surface area (Å²) >= 11 is 0. The number of nitrogens with zero attached hydrogens (tertiary/aromatic N) is 1.